The number of hydrogen-bond acceptors (Lipinski definition) is 3. The quantitative estimate of drug-likeness (QED) is 0.719. The molecular formula is C14H26O4. The first-order chi connectivity index (χ1) is 8.40. The van der Waals surface area contributed by atoms with Gasteiger partial charge in [0, 0.05) is 6.42 Å². The Balaban J connectivity index is 2.47. The van der Waals surface area contributed by atoms with Crippen molar-refractivity contribution in [3.63, 3.8) is 0 Å². The predicted molar refractivity (Wildman–Crippen MR) is 69.1 cm³/mol. The van der Waals surface area contributed by atoms with E-state index in [1.807, 2.05) is 0 Å². The molecule has 0 saturated heterocycles. The van der Waals surface area contributed by atoms with Crippen LogP contribution in [0.25, 0.3) is 0 Å². The van der Waals surface area contributed by atoms with Crippen molar-refractivity contribution in [1.82, 2.24) is 0 Å². The molecule has 2 N–H and O–H groups in total. The normalized spacial score (nSPS) is 30.4. The van der Waals surface area contributed by atoms with E-state index in [4.69, 9.17) is 9.84 Å². The lowest BCUT2D eigenvalue weighted by atomic mass is 9.75. The summed E-state index contributed by atoms with van der Waals surface area (Å²) in [7, 11) is 0. The summed E-state index contributed by atoms with van der Waals surface area (Å²) in [6.07, 6.45) is 2.56. The first-order valence-electron chi connectivity index (χ1n) is 6.95. The van der Waals surface area contributed by atoms with E-state index < -0.39 is 12.3 Å². The van der Waals surface area contributed by atoms with Crippen LogP contribution in [0.2, 0.25) is 0 Å². The summed E-state index contributed by atoms with van der Waals surface area (Å²) in [5, 5.41) is 18.3. The van der Waals surface area contributed by atoms with Crippen LogP contribution in [-0.2, 0) is 9.53 Å². The van der Waals surface area contributed by atoms with Gasteiger partial charge in [0.25, 0.3) is 0 Å². The number of hydrogen-bond donors (Lipinski definition) is 2. The van der Waals surface area contributed by atoms with Crippen LogP contribution in [-0.4, -0.2) is 28.6 Å². The molecule has 1 saturated carbocycles. The topological polar surface area (TPSA) is 66.8 Å². The monoisotopic (exact) mass is 258 g/mol. The lowest BCUT2D eigenvalue weighted by molar-refractivity contribution is -0.174. The van der Waals surface area contributed by atoms with Crippen LogP contribution in [0.15, 0.2) is 0 Å². The molecule has 0 aromatic carbocycles. The molecular weight excluding hydrogens is 232 g/mol. The van der Waals surface area contributed by atoms with Crippen LogP contribution in [0.4, 0.5) is 0 Å². The van der Waals surface area contributed by atoms with Gasteiger partial charge in [-0.15, -0.1) is 0 Å². The van der Waals surface area contributed by atoms with Gasteiger partial charge in [0.15, 0.2) is 6.29 Å². The maximum Gasteiger partial charge on any atom is 0.303 e. The molecule has 1 aliphatic carbocycles. The highest BCUT2D eigenvalue weighted by Crippen LogP contribution is 2.35. The minimum atomic E-state index is -0.947. The van der Waals surface area contributed by atoms with E-state index in [2.05, 4.69) is 20.8 Å². The molecule has 106 valence electrons. The lowest BCUT2D eigenvalue weighted by Crippen LogP contribution is -2.37. The Morgan fingerprint density at radius 3 is 2.61 bits per heavy atom. The van der Waals surface area contributed by atoms with Crippen LogP contribution < -0.4 is 0 Å². The number of aliphatic hydroxyl groups excluding tert-OH is 1. The third-order valence-electron chi connectivity index (χ3n) is 3.90. The molecule has 0 aliphatic heterocycles. The summed E-state index contributed by atoms with van der Waals surface area (Å²) in [6, 6.07) is 0. The van der Waals surface area contributed by atoms with Gasteiger partial charge in [-0.25, -0.2) is 0 Å². The van der Waals surface area contributed by atoms with Crippen molar-refractivity contribution in [3.05, 3.63) is 0 Å². The highest BCUT2D eigenvalue weighted by atomic mass is 16.6. The fraction of sp³-hybridized carbons (Fsp3) is 0.929. The van der Waals surface area contributed by atoms with E-state index in [9.17, 15) is 9.90 Å². The zero-order valence-electron chi connectivity index (χ0n) is 11.6. The van der Waals surface area contributed by atoms with Crippen LogP contribution >= 0.6 is 0 Å². The average molecular weight is 258 g/mol. The first-order valence-corrected chi connectivity index (χ1v) is 6.95. The Morgan fingerprint density at radius 1 is 1.39 bits per heavy atom. The van der Waals surface area contributed by atoms with Gasteiger partial charge in [0.05, 0.1) is 12.5 Å². The van der Waals surface area contributed by atoms with E-state index in [0.29, 0.717) is 17.8 Å². The molecule has 0 spiro atoms. The van der Waals surface area contributed by atoms with Crippen LogP contribution in [0.1, 0.15) is 52.9 Å². The average Bonchev–Trinajstić information content (AvgIpc) is 2.26. The number of carboxylic acid groups (broad SMARTS) is 1. The second kappa shape index (κ2) is 7.10. The maximum atomic E-state index is 10.5. The molecule has 4 unspecified atom stereocenters. The van der Waals surface area contributed by atoms with Crippen molar-refractivity contribution in [2.45, 2.75) is 65.3 Å². The smallest absolute Gasteiger partial charge is 0.303 e. The van der Waals surface area contributed by atoms with Gasteiger partial charge in [-0.05, 0) is 30.6 Å². The van der Waals surface area contributed by atoms with Crippen molar-refractivity contribution in [2.75, 3.05) is 0 Å². The molecule has 4 nitrogen and oxygen atoms in total. The Bertz CT molecular complexity index is 265. The minimum absolute atomic E-state index is 0.0458. The van der Waals surface area contributed by atoms with E-state index in [1.54, 1.807) is 0 Å². The summed E-state index contributed by atoms with van der Waals surface area (Å²) in [6.45, 7) is 6.57. The molecule has 0 aromatic rings. The summed E-state index contributed by atoms with van der Waals surface area (Å²) in [4.78, 5) is 10.5. The highest BCUT2D eigenvalue weighted by Gasteiger charge is 2.32. The Labute approximate surface area is 109 Å². The van der Waals surface area contributed by atoms with Crippen LogP contribution in [0.3, 0.4) is 0 Å². The third-order valence-corrected chi connectivity index (χ3v) is 3.90. The zero-order valence-corrected chi connectivity index (χ0v) is 11.6. The molecule has 0 amide bonds. The summed E-state index contributed by atoms with van der Waals surface area (Å²) >= 11 is 0. The molecule has 0 aromatic heterocycles. The number of carboxylic acids is 1. The van der Waals surface area contributed by atoms with E-state index in [0.717, 1.165) is 12.8 Å². The summed E-state index contributed by atoms with van der Waals surface area (Å²) in [5.74, 6) is 0.738. The van der Waals surface area contributed by atoms with Crippen molar-refractivity contribution in [1.29, 1.82) is 0 Å². The molecule has 1 rings (SSSR count). The largest absolute Gasteiger partial charge is 0.481 e. The fourth-order valence-corrected chi connectivity index (χ4v) is 2.79. The molecule has 18 heavy (non-hydrogen) atoms. The van der Waals surface area contributed by atoms with Gasteiger partial charge in [0.1, 0.15) is 0 Å². The number of carbonyl (C=O) groups is 1. The van der Waals surface area contributed by atoms with Gasteiger partial charge < -0.3 is 14.9 Å². The Kier molecular flexibility index (Phi) is 6.09. The second-order valence-corrected chi connectivity index (χ2v) is 5.89. The maximum absolute atomic E-state index is 10.5. The lowest BCUT2D eigenvalue weighted by Gasteiger charge is -2.38. The third kappa shape index (κ3) is 4.94. The first kappa shape index (κ1) is 15.4. The van der Waals surface area contributed by atoms with E-state index in [1.165, 1.54) is 6.42 Å². The summed E-state index contributed by atoms with van der Waals surface area (Å²) < 4.78 is 5.68. The highest BCUT2D eigenvalue weighted by molar-refractivity contribution is 5.66. The molecule has 4 atom stereocenters. The summed E-state index contributed by atoms with van der Waals surface area (Å²) in [5.41, 5.74) is 0. The van der Waals surface area contributed by atoms with E-state index in [-0.39, 0.29) is 18.9 Å². The van der Waals surface area contributed by atoms with Gasteiger partial charge in [-0.3, -0.25) is 4.79 Å². The molecule has 1 fully saturated rings. The molecule has 0 radical (unpaired) electrons. The van der Waals surface area contributed by atoms with Crippen molar-refractivity contribution in [3.8, 4) is 0 Å². The van der Waals surface area contributed by atoms with Crippen LogP contribution in [0.5, 0.6) is 0 Å². The molecule has 4 heteroatoms. The minimum Gasteiger partial charge on any atom is -0.481 e. The van der Waals surface area contributed by atoms with Crippen molar-refractivity contribution < 1.29 is 19.7 Å². The standard InChI is InChI=1S/C14H26O4/c1-9(2)11-5-4-10(3)8-12(11)18-14(17)7-6-13(15)16/h9-12,14,17H,4-8H2,1-3H3,(H,15,16). The number of rotatable bonds is 6. The number of aliphatic carboxylic acids is 1. The molecule has 0 heterocycles. The van der Waals surface area contributed by atoms with Crippen molar-refractivity contribution >= 4 is 5.97 Å². The molecule has 0 bridgehead atoms. The predicted octanol–water partition coefficient (Wildman–Crippen LogP) is 2.65. The van der Waals surface area contributed by atoms with Gasteiger partial charge in [-0.1, -0.05) is 27.2 Å². The van der Waals surface area contributed by atoms with Gasteiger partial charge in [-0.2, -0.15) is 0 Å². The van der Waals surface area contributed by atoms with Gasteiger partial charge in [0.2, 0.25) is 0 Å². The molecule has 1 aliphatic rings. The van der Waals surface area contributed by atoms with Crippen LogP contribution in [0, 0.1) is 17.8 Å². The fourth-order valence-electron chi connectivity index (χ4n) is 2.79. The second-order valence-electron chi connectivity index (χ2n) is 5.89. The number of aliphatic hydroxyl groups is 1. The van der Waals surface area contributed by atoms with E-state index >= 15 is 0 Å². The van der Waals surface area contributed by atoms with Gasteiger partial charge >= 0.3 is 5.97 Å². The Hall–Kier alpha value is -0.610. The number of ether oxygens (including phenoxy) is 1. The Morgan fingerprint density at radius 2 is 2.06 bits per heavy atom. The zero-order chi connectivity index (χ0) is 13.7. The SMILES string of the molecule is CC1CCC(C(C)C)C(OC(O)CCC(=O)O)C1. The van der Waals surface area contributed by atoms with Crippen molar-refractivity contribution in [2.24, 2.45) is 17.8 Å².